The van der Waals surface area contributed by atoms with Crippen molar-refractivity contribution < 1.29 is 27.8 Å². The maximum absolute atomic E-state index is 13.2. The van der Waals surface area contributed by atoms with Gasteiger partial charge in [-0.2, -0.15) is 13.8 Å². The van der Waals surface area contributed by atoms with Crippen LogP contribution in [0.3, 0.4) is 0 Å². The Labute approximate surface area is 227 Å². The van der Waals surface area contributed by atoms with Crippen molar-refractivity contribution in [3.05, 3.63) is 42.2 Å². The number of hydrogen-bond donors (Lipinski definition) is 0. The van der Waals surface area contributed by atoms with Crippen molar-refractivity contribution >= 4 is 23.1 Å². The zero-order valence-electron chi connectivity index (χ0n) is 23.4. The normalized spacial score (nSPS) is 16.8. The minimum Gasteiger partial charge on any atom is -0.443 e. The lowest BCUT2D eigenvalue weighted by molar-refractivity contribution is -0.131. The van der Waals surface area contributed by atoms with Crippen molar-refractivity contribution in [1.82, 2.24) is 19.4 Å². The standard InChI is InChI=1S/C28H37F2N5O4/c1-18(16-38-25(29)30)35(27(36)39-28(2,3)4)26-31-13-22-23(20-9-7-19(8-10-20)14-33(5)6)15-34(24(22)32-26)21-11-12-37-17-21/h7-10,13,15,18,21,25H,11-12,14,16-17H2,1-6H3/t18-,21+/m0/s1. The van der Waals surface area contributed by atoms with Gasteiger partial charge in [0, 0.05) is 36.5 Å². The number of nitrogens with zero attached hydrogens (tertiary/aromatic N) is 5. The molecule has 9 nitrogen and oxygen atoms in total. The number of aromatic nitrogens is 3. The zero-order valence-corrected chi connectivity index (χ0v) is 23.4. The average Bonchev–Trinajstić information content (AvgIpc) is 3.50. The van der Waals surface area contributed by atoms with Crippen LogP contribution in [0.15, 0.2) is 36.7 Å². The summed E-state index contributed by atoms with van der Waals surface area (Å²) in [6.45, 7) is 5.41. The lowest BCUT2D eigenvalue weighted by Gasteiger charge is -2.30. The molecular formula is C28H37F2N5O4. The Morgan fingerprint density at radius 3 is 2.54 bits per heavy atom. The number of hydrogen-bond acceptors (Lipinski definition) is 7. The number of benzene rings is 1. The number of rotatable bonds is 9. The monoisotopic (exact) mass is 545 g/mol. The summed E-state index contributed by atoms with van der Waals surface area (Å²) < 4.78 is 43.4. The minimum atomic E-state index is -2.97. The molecule has 1 aromatic carbocycles. The van der Waals surface area contributed by atoms with E-state index in [-0.39, 0.29) is 12.0 Å². The lowest BCUT2D eigenvalue weighted by Crippen LogP contribution is -2.45. The lowest BCUT2D eigenvalue weighted by atomic mass is 10.0. The van der Waals surface area contributed by atoms with E-state index in [0.29, 0.717) is 18.9 Å². The van der Waals surface area contributed by atoms with Crippen LogP contribution in [0.2, 0.25) is 0 Å². The van der Waals surface area contributed by atoms with E-state index in [1.807, 2.05) is 20.3 Å². The highest BCUT2D eigenvalue weighted by molar-refractivity contribution is 5.95. The first-order valence-corrected chi connectivity index (χ1v) is 13.0. The van der Waals surface area contributed by atoms with E-state index < -0.39 is 31.0 Å². The van der Waals surface area contributed by atoms with Gasteiger partial charge in [-0.3, -0.25) is 0 Å². The summed E-state index contributed by atoms with van der Waals surface area (Å²) in [5.41, 5.74) is 2.98. The van der Waals surface area contributed by atoms with Gasteiger partial charge in [0.2, 0.25) is 5.95 Å². The summed E-state index contributed by atoms with van der Waals surface area (Å²) in [7, 11) is 4.06. The zero-order chi connectivity index (χ0) is 28.3. The van der Waals surface area contributed by atoms with Crippen LogP contribution >= 0.6 is 0 Å². The van der Waals surface area contributed by atoms with Crippen molar-refractivity contribution in [3.63, 3.8) is 0 Å². The molecule has 39 heavy (non-hydrogen) atoms. The molecule has 212 valence electrons. The summed E-state index contributed by atoms with van der Waals surface area (Å²) in [5, 5.41) is 0.812. The molecule has 1 fully saturated rings. The molecule has 2 aromatic heterocycles. The number of halogens is 2. The van der Waals surface area contributed by atoms with Crippen LogP contribution in [-0.4, -0.2) is 77.7 Å². The van der Waals surface area contributed by atoms with Gasteiger partial charge in [-0.1, -0.05) is 24.3 Å². The van der Waals surface area contributed by atoms with Crippen LogP contribution < -0.4 is 4.90 Å². The number of amides is 1. The Kier molecular flexibility index (Phi) is 8.83. The van der Waals surface area contributed by atoms with Gasteiger partial charge in [-0.15, -0.1) is 0 Å². The van der Waals surface area contributed by atoms with Crippen molar-refractivity contribution in [3.8, 4) is 11.1 Å². The van der Waals surface area contributed by atoms with Gasteiger partial charge in [-0.25, -0.2) is 14.7 Å². The molecule has 0 spiro atoms. The summed E-state index contributed by atoms with van der Waals surface area (Å²) in [6, 6.07) is 7.60. The van der Waals surface area contributed by atoms with Crippen molar-refractivity contribution in [2.45, 2.75) is 65.0 Å². The van der Waals surface area contributed by atoms with Gasteiger partial charge in [0.05, 0.1) is 25.3 Å². The predicted octanol–water partition coefficient (Wildman–Crippen LogP) is 5.49. The van der Waals surface area contributed by atoms with Gasteiger partial charge in [0.1, 0.15) is 11.2 Å². The number of fused-ring (bicyclic) bond motifs is 1. The molecule has 0 unspecified atom stereocenters. The first-order valence-electron chi connectivity index (χ1n) is 13.0. The fourth-order valence-corrected chi connectivity index (χ4v) is 4.60. The quantitative estimate of drug-likeness (QED) is 0.352. The molecule has 4 rings (SSSR count). The topological polar surface area (TPSA) is 82.0 Å². The molecular weight excluding hydrogens is 508 g/mol. The minimum absolute atomic E-state index is 0.0493. The maximum atomic E-state index is 13.2. The van der Waals surface area contributed by atoms with E-state index in [1.165, 1.54) is 10.5 Å². The molecule has 0 saturated carbocycles. The molecule has 1 aliphatic rings. The van der Waals surface area contributed by atoms with Gasteiger partial charge >= 0.3 is 12.7 Å². The van der Waals surface area contributed by atoms with Gasteiger partial charge in [-0.05, 0) is 59.3 Å². The number of anilines is 1. The fraction of sp³-hybridized carbons (Fsp3) is 0.536. The van der Waals surface area contributed by atoms with Crippen LogP contribution in [0.5, 0.6) is 0 Å². The van der Waals surface area contributed by atoms with Gasteiger partial charge in [0.15, 0.2) is 0 Å². The van der Waals surface area contributed by atoms with Gasteiger partial charge < -0.3 is 23.7 Å². The maximum Gasteiger partial charge on any atom is 0.417 e. The molecule has 0 N–H and O–H groups in total. The number of ether oxygens (including phenoxy) is 3. The van der Waals surface area contributed by atoms with E-state index in [4.69, 9.17) is 14.5 Å². The Hall–Kier alpha value is -3.15. The highest BCUT2D eigenvalue weighted by Crippen LogP contribution is 2.35. The third-order valence-corrected chi connectivity index (χ3v) is 6.33. The average molecular weight is 546 g/mol. The summed E-state index contributed by atoms with van der Waals surface area (Å²) in [5.74, 6) is 0.0493. The van der Waals surface area contributed by atoms with Crippen molar-refractivity contribution in [1.29, 1.82) is 0 Å². The third-order valence-electron chi connectivity index (χ3n) is 6.33. The van der Waals surface area contributed by atoms with Crippen LogP contribution in [0, 0.1) is 0 Å². The van der Waals surface area contributed by atoms with E-state index in [0.717, 1.165) is 29.5 Å². The third kappa shape index (κ3) is 7.09. The van der Waals surface area contributed by atoms with E-state index >= 15 is 0 Å². The fourth-order valence-electron chi connectivity index (χ4n) is 4.60. The number of carbonyl (C=O) groups excluding carboxylic acids is 1. The molecule has 1 amide bonds. The Balaban J connectivity index is 1.78. The number of carbonyl (C=O) groups is 1. The molecule has 0 bridgehead atoms. The summed E-state index contributed by atoms with van der Waals surface area (Å²) in [6.07, 6.45) is 3.79. The van der Waals surface area contributed by atoms with E-state index in [1.54, 1.807) is 33.9 Å². The van der Waals surface area contributed by atoms with Crippen LogP contribution in [0.1, 0.15) is 45.7 Å². The molecule has 0 radical (unpaired) electrons. The summed E-state index contributed by atoms with van der Waals surface area (Å²) >= 11 is 0. The van der Waals surface area contributed by atoms with Crippen LogP contribution in [0.4, 0.5) is 19.5 Å². The second kappa shape index (κ2) is 11.9. The van der Waals surface area contributed by atoms with Crippen molar-refractivity contribution in [2.75, 3.05) is 38.8 Å². The second-order valence-corrected chi connectivity index (χ2v) is 11.1. The van der Waals surface area contributed by atoms with Crippen LogP contribution in [0.25, 0.3) is 22.2 Å². The van der Waals surface area contributed by atoms with E-state index in [9.17, 15) is 13.6 Å². The Morgan fingerprint density at radius 2 is 1.95 bits per heavy atom. The molecule has 2 atom stereocenters. The largest absolute Gasteiger partial charge is 0.443 e. The molecule has 3 heterocycles. The summed E-state index contributed by atoms with van der Waals surface area (Å²) in [4.78, 5) is 25.8. The van der Waals surface area contributed by atoms with E-state index in [2.05, 4.69) is 43.5 Å². The Bertz CT molecular complexity index is 1270. The van der Waals surface area contributed by atoms with Crippen LogP contribution in [-0.2, 0) is 20.8 Å². The first kappa shape index (κ1) is 28.8. The molecule has 1 saturated heterocycles. The highest BCUT2D eigenvalue weighted by atomic mass is 19.3. The Morgan fingerprint density at radius 1 is 1.23 bits per heavy atom. The molecule has 0 aliphatic carbocycles. The smallest absolute Gasteiger partial charge is 0.417 e. The molecule has 1 aliphatic heterocycles. The number of alkyl halides is 2. The molecule has 3 aromatic rings. The second-order valence-electron chi connectivity index (χ2n) is 11.1. The van der Waals surface area contributed by atoms with Gasteiger partial charge in [0.25, 0.3) is 0 Å². The van der Waals surface area contributed by atoms with Crippen molar-refractivity contribution in [2.24, 2.45) is 0 Å². The SMILES string of the molecule is C[C@@H](COC(F)F)N(C(=O)OC(C)(C)C)c1ncc2c(-c3ccc(CN(C)C)cc3)cn([C@@H]3CCOC3)c2n1. The predicted molar refractivity (Wildman–Crippen MR) is 145 cm³/mol. The highest BCUT2D eigenvalue weighted by Gasteiger charge is 2.31. The molecule has 11 heteroatoms. The first-order chi connectivity index (χ1) is 18.4.